The van der Waals surface area contributed by atoms with Gasteiger partial charge in [-0.05, 0) is 29.0 Å². The van der Waals surface area contributed by atoms with E-state index in [2.05, 4.69) is 22.1 Å². The summed E-state index contributed by atoms with van der Waals surface area (Å²) in [5, 5.41) is 2.45. The summed E-state index contributed by atoms with van der Waals surface area (Å²) in [6.07, 6.45) is 5.34. The molecule has 0 saturated heterocycles. The van der Waals surface area contributed by atoms with Crippen molar-refractivity contribution in [3.8, 4) is 0 Å². The molecule has 0 aliphatic carbocycles. The largest absolute Gasteiger partial charge is 0.384 e. The summed E-state index contributed by atoms with van der Waals surface area (Å²) in [7, 11) is 0. The third-order valence-electron chi connectivity index (χ3n) is 2.24. The predicted molar refractivity (Wildman–Crippen MR) is 70.4 cm³/mol. The van der Waals surface area contributed by atoms with Gasteiger partial charge < -0.3 is 5.73 Å². The first-order valence-electron chi connectivity index (χ1n) is 5.31. The lowest BCUT2D eigenvalue weighted by atomic mass is 10.2. The van der Waals surface area contributed by atoms with Crippen LogP contribution in [0.15, 0.2) is 67.1 Å². The van der Waals surface area contributed by atoms with Crippen LogP contribution in [-0.4, -0.2) is 9.97 Å². The van der Waals surface area contributed by atoms with E-state index >= 15 is 0 Å². The summed E-state index contributed by atoms with van der Waals surface area (Å²) in [5.74, 6) is 0.572. The van der Waals surface area contributed by atoms with Gasteiger partial charge in [0.25, 0.3) is 0 Å². The Morgan fingerprint density at radius 3 is 2.12 bits per heavy atom. The molecule has 0 bridgehead atoms. The van der Waals surface area contributed by atoms with Crippen LogP contribution in [0.3, 0.4) is 0 Å². The second-order valence-corrected chi connectivity index (χ2v) is 3.48. The highest BCUT2D eigenvalue weighted by molar-refractivity contribution is 5.80. The summed E-state index contributed by atoms with van der Waals surface area (Å²) in [6, 6.07) is 15.6. The van der Waals surface area contributed by atoms with Crippen LogP contribution < -0.4 is 5.73 Å². The Morgan fingerprint density at radius 2 is 1.53 bits per heavy atom. The Labute approximate surface area is 100.0 Å². The van der Waals surface area contributed by atoms with Gasteiger partial charge in [0.15, 0.2) is 0 Å². The molecule has 3 aromatic rings. The average Bonchev–Trinajstić information content (AvgIpc) is 2.41. The lowest BCUT2D eigenvalue weighted by Gasteiger charge is -1.91. The highest BCUT2D eigenvalue weighted by atomic mass is 14.8. The van der Waals surface area contributed by atoms with Gasteiger partial charge in [-0.1, -0.05) is 30.3 Å². The molecule has 0 aliphatic rings. The van der Waals surface area contributed by atoms with Crippen LogP contribution in [0.1, 0.15) is 0 Å². The fourth-order valence-electron chi connectivity index (χ4n) is 1.40. The van der Waals surface area contributed by atoms with E-state index in [0.717, 1.165) is 0 Å². The normalized spacial score (nSPS) is 9.41. The average molecular weight is 223 g/mol. The van der Waals surface area contributed by atoms with Gasteiger partial charge in [-0.3, -0.25) is 4.98 Å². The Bertz CT molecular complexity index is 513. The zero-order chi connectivity index (χ0) is 11.9. The van der Waals surface area contributed by atoms with Crippen LogP contribution in [0.2, 0.25) is 0 Å². The maximum absolute atomic E-state index is 5.25. The minimum absolute atomic E-state index is 0.572. The summed E-state index contributed by atoms with van der Waals surface area (Å²) < 4.78 is 0. The minimum atomic E-state index is 0.572. The number of hydrogen-bond donors (Lipinski definition) is 1. The molecule has 2 heterocycles. The SMILES string of the molecule is Nc1ccccn1.c1ccc2cnccc2c1. The molecule has 84 valence electrons. The zero-order valence-corrected chi connectivity index (χ0v) is 9.32. The molecule has 0 fully saturated rings. The Morgan fingerprint density at radius 1 is 0.765 bits per heavy atom. The summed E-state index contributed by atoms with van der Waals surface area (Å²) in [6.45, 7) is 0. The molecule has 0 atom stereocenters. The van der Waals surface area contributed by atoms with Crippen LogP contribution >= 0.6 is 0 Å². The highest BCUT2D eigenvalue weighted by Gasteiger charge is 1.86. The smallest absolute Gasteiger partial charge is 0.123 e. The number of aromatic nitrogens is 2. The molecule has 2 N–H and O–H groups in total. The molecule has 3 nitrogen and oxygen atoms in total. The van der Waals surface area contributed by atoms with E-state index in [1.807, 2.05) is 42.7 Å². The topological polar surface area (TPSA) is 51.8 Å². The maximum Gasteiger partial charge on any atom is 0.123 e. The molecule has 0 aliphatic heterocycles. The van der Waals surface area contributed by atoms with Crippen LogP contribution in [-0.2, 0) is 0 Å². The van der Waals surface area contributed by atoms with Crippen LogP contribution in [0, 0.1) is 0 Å². The Balaban J connectivity index is 0.000000136. The molecule has 1 aromatic carbocycles. The number of fused-ring (bicyclic) bond motifs is 1. The third-order valence-corrected chi connectivity index (χ3v) is 2.24. The van der Waals surface area contributed by atoms with Gasteiger partial charge in [0.1, 0.15) is 5.82 Å². The highest BCUT2D eigenvalue weighted by Crippen LogP contribution is 2.09. The molecule has 3 heteroatoms. The Kier molecular flexibility index (Phi) is 3.65. The van der Waals surface area contributed by atoms with Crippen LogP contribution in [0.4, 0.5) is 5.82 Å². The van der Waals surface area contributed by atoms with E-state index in [-0.39, 0.29) is 0 Å². The quantitative estimate of drug-likeness (QED) is 0.637. The molecular weight excluding hydrogens is 210 g/mol. The molecule has 0 unspecified atom stereocenters. The summed E-state index contributed by atoms with van der Waals surface area (Å²) in [4.78, 5) is 7.77. The van der Waals surface area contributed by atoms with Gasteiger partial charge in [-0.2, -0.15) is 0 Å². The van der Waals surface area contributed by atoms with Crippen molar-refractivity contribution in [1.82, 2.24) is 9.97 Å². The molecule has 2 aromatic heterocycles. The fourth-order valence-corrected chi connectivity index (χ4v) is 1.40. The Hall–Kier alpha value is -2.42. The number of anilines is 1. The number of nitrogens with zero attached hydrogens (tertiary/aromatic N) is 2. The van der Waals surface area contributed by atoms with E-state index in [1.54, 1.807) is 12.3 Å². The second kappa shape index (κ2) is 5.61. The van der Waals surface area contributed by atoms with Crippen molar-refractivity contribution in [1.29, 1.82) is 0 Å². The fraction of sp³-hybridized carbons (Fsp3) is 0. The van der Waals surface area contributed by atoms with Gasteiger partial charge in [0.05, 0.1) is 0 Å². The van der Waals surface area contributed by atoms with Crippen LogP contribution in [0.25, 0.3) is 10.8 Å². The number of nitrogen functional groups attached to an aromatic ring is 1. The molecule has 0 radical (unpaired) electrons. The van der Waals surface area contributed by atoms with Crippen molar-refractivity contribution < 1.29 is 0 Å². The lowest BCUT2D eigenvalue weighted by Crippen LogP contribution is -1.85. The van der Waals surface area contributed by atoms with Gasteiger partial charge in [0, 0.05) is 18.6 Å². The van der Waals surface area contributed by atoms with E-state index in [1.165, 1.54) is 10.8 Å². The molecule has 0 amide bonds. The van der Waals surface area contributed by atoms with E-state index in [0.29, 0.717) is 5.82 Å². The predicted octanol–water partition coefficient (Wildman–Crippen LogP) is 2.90. The number of nitrogens with two attached hydrogens (primary N) is 1. The third kappa shape index (κ3) is 3.28. The van der Waals surface area contributed by atoms with Gasteiger partial charge in [0.2, 0.25) is 0 Å². The first-order chi connectivity index (χ1) is 8.36. The van der Waals surface area contributed by atoms with E-state index in [9.17, 15) is 0 Å². The number of rotatable bonds is 0. The van der Waals surface area contributed by atoms with Crippen molar-refractivity contribution in [2.75, 3.05) is 5.73 Å². The van der Waals surface area contributed by atoms with E-state index < -0.39 is 0 Å². The van der Waals surface area contributed by atoms with Crippen molar-refractivity contribution >= 4 is 16.6 Å². The zero-order valence-electron chi connectivity index (χ0n) is 9.32. The molecule has 0 spiro atoms. The molecule has 0 saturated carbocycles. The summed E-state index contributed by atoms with van der Waals surface area (Å²) in [5.41, 5.74) is 5.25. The standard InChI is InChI=1S/C9H7N.C5H6N2/c1-2-4-9-7-10-6-5-8(9)3-1;6-5-3-1-2-4-7-5/h1-7H;1-4H,(H2,6,7). The molecule has 3 rings (SSSR count). The van der Waals surface area contributed by atoms with Crippen molar-refractivity contribution in [2.45, 2.75) is 0 Å². The number of hydrogen-bond acceptors (Lipinski definition) is 3. The van der Waals surface area contributed by atoms with Gasteiger partial charge in [-0.25, -0.2) is 4.98 Å². The molecular formula is C14H13N3. The van der Waals surface area contributed by atoms with Crippen LogP contribution in [0.5, 0.6) is 0 Å². The second-order valence-electron chi connectivity index (χ2n) is 3.48. The van der Waals surface area contributed by atoms with E-state index in [4.69, 9.17) is 5.73 Å². The maximum atomic E-state index is 5.25. The first-order valence-corrected chi connectivity index (χ1v) is 5.31. The van der Waals surface area contributed by atoms with Crippen molar-refractivity contribution in [2.24, 2.45) is 0 Å². The van der Waals surface area contributed by atoms with Gasteiger partial charge >= 0.3 is 0 Å². The van der Waals surface area contributed by atoms with Crippen molar-refractivity contribution in [3.05, 3.63) is 67.1 Å². The van der Waals surface area contributed by atoms with Crippen molar-refractivity contribution in [3.63, 3.8) is 0 Å². The molecule has 17 heavy (non-hydrogen) atoms. The minimum Gasteiger partial charge on any atom is -0.384 e. The monoisotopic (exact) mass is 223 g/mol. The number of benzene rings is 1. The van der Waals surface area contributed by atoms with Gasteiger partial charge in [-0.15, -0.1) is 0 Å². The first kappa shape index (κ1) is 11.1. The number of pyridine rings is 2. The summed E-state index contributed by atoms with van der Waals surface area (Å²) >= 11 is 0. The lowest BCUT2D eigenvalue weighted by molar-refractivity contribution is 1.34.